The monoisotopic (exact) mass is 366 g/mol. The van der Waals surface area contributed by atoms with E-state index in [0.29, 0.717) is 10.9 Å². The topological polar surface area (TPSA) is 59.8 Å². The number of aromatic nitrogens is 3. The number of rotatable bonds is 7. The Morgan fingerprint density at radius 1 is 1.38 bits per heavy atom. The van der Waals surface area contributed by atoms with E-state index in [1.165, 1.54) is 11.8 Å². The standard InChI is InChI=1S/C17H23ClN4OS/c1-5-8-22-16(11(2)3)20-21-17(22)24-10-15(23)19-14-9-13(18)7-6-12(14)4/h6-7,9,11H,5,8,10H2,1-4H3,(H,19,23). The summed E-state index contributed by atoms with van der Waals surface area (Å²) in [5, 5.41) is 12.8. The van der Waals surface area contributed by atoms with E-state index in [1.807, 2.05) is 19.1 Å². The van der Waals surface area contributed by atoms with Crippen molar-refractivity contribution in [3.63, 3.8) is 0 Å². The summed E-state index contributed by atoms with van der Waals surface area (Å²) in [5.41, 5.74) is 1.72. The normalized spacial score (nSPS) is 11.1. The van der Waals surface area contributed by atoms with Crippen LogP contribution in [0.15, 0.2) is 23.4 Å². The van der Waals surface area contributed by atoms with E-state index in [2.05, 4.69) is 40.9 Å². The molecule has 5 nitrogen and oxygen atoms in total. The summed E-state index contributed by atoms with van der Waals surface area (Å²) in [6.07, 6.45) is 0.999. The fourth-order valence-corrected chi connectivity index (χ4v) is 3.26. The summed E-state index contributed by atoms with van der Waals surface area (Å²) in [5.74, 6) is 1.47. The fourth-order valence-electron chi connectivity index (χ4n) is 2.31. The molecule has 0 saturated carbocycles. The number of nitrogens with one attached hydrogen (secondary N) is 1. The van der Waals surface area contributed by atoms with Crippen LogP contribution in [0.2, 0.25) is 5.02 Å². The molecule has 2 rings (SSSR count). The summed E-state index contributed by atoms with van der Waals surface area (Å²) < 4.78 is 2.10. The Bertz CT molecular complexity index is 715. The van der Waals surface area contributed by atoms with Crippen LogP contribution in [0.4, 0.5) is 5.69 Å². The number of thioether (sulfide) groups is 1. The minimum atomic E-state index is -0.0810. The molecule has 0 unspecified atom stereocenters. The fraction of sp³-hybridized carbons (Fsp3) is 0.471. The molecule has 0 atom stereocenters. The van der Waals surface area contributed by atoms with Crippen molar-refractivity contribution in [3.8, 4) is 0 Å². The van der Waals surface area contributed by atoms with Crippen LogP contribution in [0, 0.1) is 6.92 Å². The Labute approximate surface area is 152 Å². The molecule has 2 aromatic rings. The van der Waals surface area contributed by atoms with Crippen LogP contribution in [0.3, 0.4) is 0 Å². The summed E-state index contributed by atoms with van der Waals surface area (Å²) in [7, 11) is 0. The molecule has 7 heteroatoms. The lowest BCUT2D eigenvalue weighted by molar-refractivity contribution is -0.113. The molecule has 0 aliphatic rings. The summed E-state index contributed by atoms with van der Waals surface area (Å²) in [6.45, 7) is 9.11. The van der Waals surface area contributed by atoms with E-state index in [0.717, 1.165) is 35.2 Å². The van der Waals surface area contributed by atoms with Gasteiger partial charge in [-0.15, -0.1) is 10.2 Å². The van der Waals surface area contributed by atoms with Crippen LogP contribution >= 0.6 is 23.4 Å². The van der Waals surface area contributed by atoms with E-state index < -0.39 is 0 Å². The molecular formula is C17H23ClN4OS. The number of aryl methyl sites for hydroxylation is 1. The lowest BCUT2D eigenvalue weighted by Gasteiger charge is -2.11. The molecular weight excluding hydrogens is 344 g/mol. The van der Waals surface area contributed by atoms with E-state index in [-0.39, 0.29) is 11.7 Å². The maximum absolute atomic E-state index is 12.2. The molecule has 1 aromatic heterocycles. The number of amides is 1. The third-order valence-corrected chi connectivity index (χ3v) is 4.72. The van der Waals surface area contributed by atoms with Crippen molar-refractivity contribution >= 4 is 35.0 Å². The Hall–Kier alpha value is -1.53. The van der Waals surface area contributed by atoms with Crippen molar-refractivity contribution < 1.29 is 4.79 Å². The maximum atomic E-state index is 12.2. The zero-order valence-electron chi connectivity index (χ0n) is 14.5. The maximum Gasteiger partial charge on any atom is 0.234 e. The van der Waals surface area contributed by atoms with Gasteiger partial charge in [-0.05, 0) is 31.0 Å². The van der Waals surface area contributed by atoms with Gasteiger partial charge in [-0.1, -0.05) is 50.2 Å². The van der Waals surface area contributed by atoms with Gasteiger partial charge in [0.1, 0.15) is 5.82 Å². The third-order valence-electron chi connectivity index (χ3n) is 3.52. The SMILES string of the molecule is CCCn1c(SCC(=O)Nc2cc(Cl)ccc2C)nnc1C(C)C. The van der Waals surface area contributed by atoms with Crippen LogP contribution in [-0.2, 0) is 11.3 Å². The highest BCUT2D eigenvalue weighted by molar-refractivity contribution is 7.99. The van der Waals surface area contributed by atoms with Crippen molar-refractivity contribution in [1.82, 2.24) is 14.8 Å². The molecule has 130 valence electrons. The Morgan fingerprint density at radius 3 is 2.79 bits per heavy atom. The smallest absolute Gasteiger partial charge is 0.234 e. The number of nitrogens with zero attached hydrogens (tertiary/aromatic N) is 3. The average molecular weight is 367 g/mol. The van der Waals surface area contributed by atoms with Crippen LogP contribution in [-0.4, -0.2) is 26.4 Å². The van der Waals surface area contributed by atoms with Gasteiger partial charge in [0.25, 0.3) is 0 Å². The molecule has 1 amide bonds. The van der Waals surface area contributed by atoms with Crippen molar-refractivity contribution in [2.24, 2.45) is 0 Å². The predicted molar refractivity (Wildman–Crippen MR) is 99.9 cm³/mol. The number of hydrogen-bond acceptors (Lipinski definition) is 4. The first-order valence-electron chi connectivity index (χ1n) is 8.04. The van der Waals surface area contributed by atoms with E-state index in [1.54, 1.807) is 6.07 Å². The second-order valence-electron chi connectivity index (χ2n) is 5.94. The van der Waals surface area contributed by atoms with Gasteiger partial charge >= 0.3 is 0 Å². The lowest BCUT2D eigenvalue weighted by Crippen LogP contribution is -2.15. The van der Waals surface area contributed by atoms with Crippen LogP contribution in [0.1, 0.15) is 44.5 Å². The summed E-state index contributed by atoms with van der Waals surface area (Å²) in [4.78, 5) is 12.2. The zero-order chi connectivity index (χ0) is 17.7. The molecule has 0 fully saturated rings. The van der Waals surface area contributed by atoms with Gasteiger partial charge in [0.05, 0.1) is 5.75 Å². The number of carbonyl (C=O) groups is 1. The quantitative estimate of drug-likeness (QED) is 0.732. The number of carbonyl (C=O) groups excluding carboxylic acids is 1. The Morgan fingerprint density at radius 2 is 2.12 bits per heavy atom. The summed E-state index contributed by atoms with van der Waals surface area (Å²) >= 11 is 7.39. The Kier molecular flexibility index (Phi) is 6.69. The second kappa shape index (κ2) is 8.53. The number of hydrogen-bond donors (Lipinski definition) is 1. The Balaban J connectivity index is 2.02. The van der Waals surface area contributed by atoms with Crippen molar-refractivity contribution in [3.05, 3.63) is 34.6 Å². The molecule has 1 N–H and O–H groups in total. The van der Waals surface area contributed by atoms with Gasteiger partial charge in [0.2, 0.25) is 5.91 Å². The average Bonchev–Trinajstić information content (AvgIpc) is 2.92. The van der Waals surface area contributed by atoms with E-state index in [4.69, 9.17) is 11.6 Å². The first-order chi connectivity index (χ1) is 11.4. The van der Waals surface area contributed by atoms with Gasteiger partial charge in [-0.2, -0.15) is 0 Å². The molecule has 24 heavy (non-hydrogen) atoms. The number of anilines is 1. The van der Waals surface area contributed by atoms with Gasteiger partial charge in [0.15, 0.2) is 5.16 Å². The van der Waals surface area contributed by atoms with Gasteiger partial charge in [-0.25, -0.2) is 0 Å². The van der Waals surface area contributed by atoms with E-state index in [9.17, 15) is 4.79 Å². The molecule has 0 aliphatic carbocycles. The highest BCUT2D eigenvalue weighted by atomic mass is 35.5. The largest absolute Gasteiger partial charge is 0.325 e. The molecule has 1 heterocycles. The van der Waals surface area contributed by atoms with Crippen LogP contribution in [0.5, 0.6) is 0 Å². The van der Waals surface area contributed by atoms with Gasteiger partial charge in [0, 0.05) is 23.2 Å². The van der Waals surface area contributed by atoms with Gasteiger partial charge in [-0.3, -0.25) is 4.79 Å². The highest BCUT2D eigenvalue weighted by Gasteiger charge is 2.16. The molecule has 0 bridgehead atoms. The predicted octanol–water partition coefficient (Wildman–Crippen LogP) is 4.50. The molecule has 0 saturated heterocycles. The van der Waals surface area contributed by atoms with Crippen LogP contribution in [0.25, 0.3) is 0 Å². The minimum absolute atomic E-state index is 0.0810. The minimum Gasteiger partial charge on any atom is -0.325 e. The first-order valence-corrected chi connectivity index (χ1v) is 9.40. The number of halogens is 1. The van der Waals surface area contributed by atoms with Crippen molar-refractivity contribution in [2.45, 2.75) is 51.7 Å². The summed E-state index contributed by atoms with van der Waals surface area (Å²) in [6, 6.07) is 5.45. The molecule has 0 radical (unpaired) electrons. The lowest BCUT2D eigenvalue weighted by atomic mass is 10.2. The zero-order valence-corrected chi connectivity index (χ0v) is 16.0. The highest BCUT2D eigenvalue weighted by Crippen LogP contribution is 2.23. The first kappa shape index (κ1) is 18.8. The molecule has 0 spiro atoms. The van der Waals surface area contributed by atoms with Crippen molar-refractivity contribution in [2.75, 3.05) is 11.1 Å². The molecule has 1 aromatic carbocycles. The second-order valence-corrected chi connectivity index (χ2v) is 7.32. The van der Waals surface area contributed by atoms with E-state index >= 15 is 0 Å². The third kappa shape index (κ3) is 4.74. The number of benzene rings is 1. The van der Waals surface area contributed by atoms with Crippen molar-refractivity contribution in [1.29, 1.82) is 0 Å². The molecule has 0 aliphatic heterocycles. The van der Waals surface area contributed by atoms with Crippen LogP contribution < -0.4 is 5.32 Å². The van der Waals surface area contributed by atoms with Gasteiger partial charge < -0.3 is 9.88 Å².